The van der Waals surface area contributed by atoms with Crippen molar-refractivity contribution < 1.29 is 9.53 Å². The molecule has 1 aliphatic heterocycles. The van der Waals surface area contributed by atoms with Gasteiger partial charge in [0.2, 0.25) is 0 Å². The van der Waals surface area contributed by atoms with Crippen LogP contribution in [0.15, 0.2) is 0 Å². The van der Waals surface area contributed by atoms with Crippen LogP contribution in [0.5, 0.6) is 0 Å². The van der Waals surface area contributed by atoms with Gasteiger partial charge in [-0.15, -0.1) is 0 Å². The van der Waals surface area contributed by atoms with Crippen molar-refractivity contribution in [2.45, 2.75) is 32.3 Å². The van der Waals surface area contributed by atoms with Crippen LogP contribution in [0.4, 0.5) is 0 Å². The number of thioether (sulfide) groups is 1. The lowest BCUT2D eigenvalue weighted by Gasteiger charge is -2.21. The second kappa shape index (κ2) is 3.91. The highest BCUT2D eigenvalue weighted by molar-refractivity contribution is 7.99. The Morgan fingerprint density at radius 2 is 2.31 bits per heavy atom. The van der Waals surface area contributed by atoms with Crippen LogP contribution in [-0.4, -0.2) is 23.6 Å². The molecule has 0 bridgehead atoms. The van der Waals surface area contributed by atoms with Gasteiger partial charge >= 0.3 is 5.97 Å². The van der Waals surface area contributed by atoms with Gasteiger partial charge in [-0.05, 0) is 30.9 Å². The van der Waals surface area contributed by atoms with Crippen molar-refractivity contribution in [3.05, 3.63) is 0 Å². The summed E-state index contributed by atoms with van der Waals surface area (Å²) in [4.78, 5) is 11.5. The fraction of sp³-hybridized carbons (Fsp3) is 0.900. The molecule has 0 aromatic heterocycles. The monoisotopic (exact) mass is 200 g/mol. The van der Waals surface area contributed by atoms with Gasteiger partial charge in [-0.3, -0.25) is 4.79 Å². The van der Waals surface area contributed by atoms with Crippen LogP contribution in [0.3, 0.4) is 0 Å². The number of esters is 1. The van der Waals surface area contributed by atoms with Crippen molar-refractivity contribution in [3.63, 3.8) is 0 Å². The first-order valence-corrected chi connectivity index (χ1v) is 6.21. The molecule has 13 heavy (non-hydrogen) atoms. The molecule has 1 aliphatic carbocycles. The van der Waals surface area contributed by atoms with E-state index in [4.69, 9.17) is 4.74 Å². The summed E-state index contributed by atoms with van der Waals surface area (Å²) in [5, 5.41) is 0. The SMILES string of the molecule is C[C@H]1C[C@@H]1C(=O)OC1CCCSC1. The molecule has 0 aromatic carbocycles. The number of carbonyl (C=O) groups is 1. The third-order valence-corrected chi connectivity index (χ3v) is 4.00. The van der Waals surface area contributed by atoms with Gasteiger partial charge in [-0.25, -0.2) is 0 Å². The summed E-state index contributed by atoms with van der Waals surface area (Å²) in [7, 11) is 0. The Balaban J connectivity index is 1.73. The van der Waals surface area contributed by atoms with Crippen LogP contribution >= 0.6 is 11.8 Å². The molecule has 1 unspecified atom stereocenters. The molecule has 0 radical (unpaired) electrons. The highest BCUT2D eigenvalue weighted by atomic mass is 32.2. The van der Waals surface area contributed by atoms with Crippen molar-refractivity contribution in [1.82, 2.24) is 0 Å². The topological polar surface area (TPSA) is 26.3 Å². The van der Waals surface area contributed by atoms with Crippen molar-refractivity contribution in [2.75, 3.05) is 11.5 Å². The summed E-state index contributed by atoms with van der Waals surface area (Å²) in [6.45, 7) is 2.11. The number of rotatable bonds is 2. The zero-order chi connectivity index (χ0) is 9.26. The van der Waals surface area contributed by atoms with Crippen LogP contribution < -0.4 is 0 Å². The first-order chi connectivity index (χ1) is 6.27. The molecule has 3 heteroatoms. The number of carbonyl (C=O) groups excluding carboxylic acids is 1. The largest absolute Gasteiger partial charge is 0.461 e. The second-order valence-corrected chi connectivity index (χ2v) is 5.25. The average molecular weight is 200 g/mol. The quantitative estimate of drug-likeness (QED) is 0.638. The number of ether oxygens (including phenoxy) is 1. The van der Waals surface area contributed by atoms with Gasteiger partial charge in [0.15, 0.2) is 0 Å². The van der Waals surface area contributed by atoms with Gasteiger partial charge in [-0.1, -0.05) is 6.92 Å². The third kappa shape index (κ3) is 2.39. The average Bonchev–Trinajstić information content (AvgIpc) is 2.84. The standard InChI is InChI=1S/C10H16O2S/c1-7-5-9(7)10(11)12-8-3-2-4-13-6-8/h7-9H,2-6H2,1H3/t7-,8?,9-/m0/s1. The van der Waals surface area contributed by atoms with Gasteiger partial charge in [0.1, 0.15) is 6.10 Å². The molecule has 74 valence electrons. The maximum atomic E-state index is 11.5. The molecular weight excluding hydrogens is 184 g/mol. The van der Waals surface area contributed by atoms with E-state index in [1.54, 1.807) is 0 Å². The Morgan fingerprint density at radius 3 is 2.85 bits per heavy atom. The molecular formula is C10H16O2S. The van der Waals surface area contributed by atoms with Gasteiger partial charge in [0.25, 0.3) is 0 Å². The number of hydrogen-bond acceptors (Lipinski definition) is 3. The summed E-state index contributed by atoms with van der Waals surface area (Å²) >= 11 is 1.90. The van der Waals surface area contributed by atoms with Gasteiger partial charge in [-0.2, -0.15) is 11.8 Å². The summed E-state index contributed by atoms with van der Waals surface area (Å²) in [5.41, 5.74) is 0. The maximum Gasteiger partial charge on any atom is 0.309 e. The van der Waals surface area contributed by atoms with Crippen molar-refractivity contribution in [3.8, 4) is 0 Å². The molecule has 1 heterocycles. The summed E-state index contributed by atoms with van der Waals surface area (Å²) in [5.74, 6) is 3.09. The predicted octanol–water partition coefficient (Wildman–Crippen LogP) is 2.08. The number of hydrogen-bond donors (Lipinski definition) is 0. The van der Waals surface area contributed by atoms with E-state index in [1.165, 1.54) is 12.2 Å². The zero-order valence-corrected chi connectivity index (χ0v) is 8.81. The third-order valence-electron chi connectivity index (χ3n) is 2.81. The fourth-order valence-electron chi connectivity index (χ4n) is 1.71. The fourth-order valence-corrected chi connectivity index (χ4v) is 2.74. The molecule has 3 atom stereocenters. The van der Waals surface area contributed by atoms with E-state index in [9.17, 15) is 4.79 Å². The summed E-state index contributed by atoms with van der Waals surface area (Å²) < 4.78 is 5.43. The molecule has 2 rings (SSSR count). The highest BCUT2D eigenvalue weighted by Gasteiger charge is 2.41. The van der Waals surface area contributed by atoms with E-state index in [2.05, 4.69) is 6.92 Å². The molecule has 0 aromatic rings. The normalized spacial score (nSPS) is 38.4. The molecule has 0 N–H and O–H groups in total. The molecule has 0 spiro atoms. The summed E-state index contributed by atoms with van der Waals surface area (Å²) in [6, 6.07) is 0. The Morgan fingerprint density at radius 1 is 1.54 bits per heavy atom. The minimum Gasteiger partial charge on any atom is -0.461 e. The smallest absolute Gasteiger partial charge is 0.309 e. The molecule has 2 aliphatic rings. The Labute approximate surface area is 83.4 Å². The van der Waals surface area contributed by atoms with Crippen molar-refractivity contribution >= 4 is 17.7 Å². The minimum absolute atomic E-state index is 0.0556. The van der Waals surface area contributed by atoms with Gasteiger partial charge in [0, 0.05) is 5.75 Å². The molecule has 1 saturated heterocycles. The minimum atomic E-state index is 0.0556. The lowest BCUT2D eigenvalue weighted by atomic mass is 10.2. The van der Waals surface area contributed by atoms with Crippen LogP contribution in [0.2, 0.25) is 0 Å². The first kappa shape index (κ1) is 9.38. The Bertz CT molecular complexity index is 199. The van der Waals surface area contributed by atoms with E-state index in [0.29, 0.717) is 5.92 Å². The molecule has 1 saturated carbocycles. The van der Waals surface area contributed by atoms with Gasteiger partial charge < -0.3 is 4.74 Å². The van der Waals surface area contributed by atoms with Crippen LogP contribution in [0, 0.1) is 11.8 Å². The van der Waals surface area contributed by atoms with E-state index >= 15 is 0 Å². The Kier molecular flexibility index (Phi) is 2.82. The van der Waals surface area contributed by atoms with E-state index in [1.807, 2.05) is 11.8 Å². The van der Waals surface area contributed by atoms with Crippen LogP contribution in [0.25, 0.3) is 0 Å². The lowest BCUT2D eigenvalue weighted by Crippen LogP contribution is -2.24. The van der Waals surface area contributed by atoms with Crippen molar-refractivity contribution in [2.24, 2.45) is 11.8 Å². The van der Waals surface area contributed by atoms with E-state index in [-0.39, 0.29) is 18.0 Å². The van der Waals surface area contributed by atoms with Crippen molar-refractivity contribution in [1.29, 1.82) is 0 Å². The lowest BCUT2D eigenvalue weighted by molar-refractivity contribution is -0.150. The maximum absolute atomic E-state index is 11.5. The molecule has 2 fully saturated rings. The Hall–Kier alpha value is -0.180. The van der Waals surface area contributed by atoms with Gasteiger partial charge in [0.05, 0.1) is 5.92 Å². The molecule has 2 nitrogen and oxygen atoms in total. The molecule has 0 amide bonds. The van der Waals surface area contributed by atoms with Crippen LogP contribution in [0.1, 0.15) is 26.2 Å². The van der Waals surface area contributed by atoms with Crippen LogP contribution in [-0.2, 0) is 9.53 Å². The highest BCUT2D eigenvalue weighted by Crippen LogP contribution is 2.39. The second-order valence-electron chi connectivity index (χ2n) is 4.10. The predicted molar refractivity (Wildman–Crippen MR) is 53.7 cm³/mol. The van der Waals surface area contributed by atoms with E-state index < -0.39 is 0 Å². The zero-order valence-electron chi connectivity index (χ0n) is 7.99. The summed E-state index contributed by atoms with van der Waals surface area (Å²) in [6.07, 6.45) is 3.51. The first-order valence-electron chi connectivity index (χ1n) is 5.05. The van der Waals surface area contributed by atoms with E-state index in [0.717, 1.165) is 18.6 Å².